The molecule has 0 saturated carbocycles. The number of aromatic nitrogens is 2. The average Bonchev–Trinajstić information content (AvgIpc) is 3.05. The fourth-order valence-electron chi connectivity index (χ4n) is 3.04. The molecule has 0 fully saturated rings. The molecule has 0 aliphatic rings. The van der Waals surface area contributed by atoms with Gasteiger partial charge in [0.1, 0.15) is 5.65 Å². The summed E-state index contributed by atoms with van der Waals surface area (Å²) in [5.41, 5.74) is 3.74. The van der Waals surface area contributed by atoms with Gasteiger partial charge in [0.15, 0.2) is 0 Å². The van der Waals surface area contributed by atoms with E-state index in [4.69, 9.17) is 0 Å². The normalized spacial score (nSPS) is 11.1. The van der Waals surface area contributed by atoms with Gasteiger partial charge in [0, 0.05) is 29.1 Å². The lowest BCUT2D eigenvalue weighted by Crippen LogP contribution is -2.03. The predicted molar refractivity (Wildman–Crippen MR) is 103 cm³/mol. The molecule has 27 heavy (non-hydrogen) atoms. The molecule has 0 aliphatic carbocycles. The van der Waals surface area contributed by atoms with E-state index in [0.717, 1.165) is 16.8 Å². The molecule has 3 nitrogen and oxygen atoms in total. The van der Waals surface area contributed by atoms with Gasteiger partial charge in [-0.05, 0) is 13.0 Å². The van der Waals surface area contributed by atoms with Crippen molar-refractivity contribution in [3.8, 4) is 0 Å². The molecule has 0 amide bonds. The van der Waals surface area contributed by atoms with Crippen LogP contribution in [0.25, 0.3) is 5.65 Å². The number of nitrogens with zero attached hydrogens (tertiary/aromatic N) is 3. The Hall–Kier alpha value is -3.34. The summed E-state index contributed by atoms with van der Waals surface area (Å²) in [6.07, 6.45) is 0.773. The molecule has 0 radical (unpaired) electrons. The number of halogens is 2. The van der Waals surface area contributed by atoms with Crippen molar-refractivity contribution in [1.29, 1.82) is 0 Å². The number of alkyl halides is 2. The Balaban J connectivity index is 1.96. The van der Waals surface area contributed by atoms with Gasteiger partial charge in [-0.1, -0.05) is 60.7 Å². The third-order valence-corrected chi connectivity index (χ3v) is 4.28. The van der Waals surface area contributed by atoms with Crippen LogP contribution in [-0.2, 0) is 0 Å². The molecule has 5 heteroatoms. The summed E-state index contributed by atoms with van der Waals surface area (Å²) in [7, 11) is 0. The molecular formula is C22H17F2N3. The summed E-state index contributed by atoms with van der Waals surface area (Å²) < 4.78 is 29.2. The van der Waals surface area contributed by atoms with Crippen molar-refractivity contribution in [2.45, 2.75) is 13.3 Å². The first-order valence-corrected chi connectivity index (χ1v) is 8.59. The Morgan fingerprint density at radius 3 is 2.07 bits per heavy atom. The van der Waals surface area contributed by atoms with E-state index in [2.05, 4.69) is 9.98 Å². The van der Waals surface area contributed by atoms with E-state index in [1.807, 2.05) is 67.6 Å². The molecule has 0 saturated heterocycles. The zero-order valence-electron chi connectivity index (χ0n) is 14.7. The van der Waals surface area contributed by atoms with Crippen molar-refractivity contribution in [3.63, 3.8) is 0 Å². The van der Waals surface area contributed by atoms with Gasteiger partial charge in [-0.2, -0.15) is 0 Å². The number of hydrogen-bond donors (Lipinski definition) is 0. The van der Waals surface area contributed by atoms with Crippen LogP contribution in [0, 0.1) is 6.92 Å². The lowest BCUT2D eigenvalue weighted by molar-refractivity contribution is 0.152. The van der Waals surface area contributed by atoms with E-state index in [9.17, 15) is 8.78 Å². The minimum Gasteiger partial charge on any atom is -0.305 e. The zero-order chi connectivity index (χ0) is 18.8. The average molecular weight is 361 g/mol. The maximum atomic E-state index is 13.7. The van der Waals surface area contributed by atoms with E-state index >= 15 is 0 Å². The minimum absolute atomic E-state index is 0.127. The van der Waals surface area contributed by atoms with E-state index in [1.165, 1.54) is 6.07 Å². The third kappa shape index (κ3) is 3.49. The van der Waals surface area contributed by atoms with Crippen LogP contribution in [-0.4, -0.2) is 15.1 Å². The van der Waals surface area contributed by atoms with Crippen LogP contribution in [0.1, 0.15) is 28.8 Å². The highest BCUT2D eigenvalue weighted by molar-refractivity contribution is 6.14. The van der Waals surface area contributed by atoms with Crippen LogP contribution in [0.4, 0.5) is 14.5 Å². The Kier molecular flexibility index (Phi) is 4.50. The Labute approximate surface area is 155 Å². The second-order valence-electron chi connectivity index (χ2n) is 6.25. The van der Waals surface area contributed by atoms with Crippen LogP contribution < -0.4 is 0 Å². The zero-order valence-corrected chi connectivity index (χ0v) is 14.7. The highest BCUT2D eigenvalue weighted by Gasteiger charge is 2.17. The van der Waals surface area contributed by atoms with Crippen LogP contribution in [0.15, 0.2) is 84.1 Å². The Morgan fingerprint density at radius 1 is 0.926 bits per heavy atom. The van der Waals surface area contributed by atoms with E-state index < -0.39 is 6.43 Å². The number of aryl methyl sites for hydroxylation is 1. The quantitative estimate of drug-likeness (QED) is 0.426. The van der Waals surface area contributed by atoms with Gasteiger partial charge in [-0.25, -0.2) is 18.8 Å². The molecule has 2 aromatic heterocycles. The number of hydrogen-bond acceptors (Lipinski definition) is 2. The predicted octanol–water partition coefficient (Wildman–Crippen LogP) is 5.75. The molecule has 0 N–H and O–H groups in total. The number of benzene rings is 2. The van der Waals surface area contributed by atoms with Gasteiger partial charge < -0.3 is 4.40 Å². The van der Waals surface area contributed by atoms with Gasteiger partial charge in [0.2, 0.25) is 0 Å². The van der Waals surface area contributed by atoms with Crippen LogP contribution in [0.5, 0.6) is 0 Å². The number of rotatable bonds is 4. The molecular weight excluding hydrogens is 344 g/mol. The number of aliphatic imine (C=N–C) groups is 1. The second-order valence-corrected chi connectivity index (χ2v) is 6.25. The SMILES string of the molecule is Cc1cn2cc(N=C(c3ccccc3)c3ccccc3)c(C(F)F)cc2n1. The summed E-state index contributed by atoms with van der Waals surface area (Å²) in [5.74, 6) is 0. The standard InChI is InChI=1S/C22H17F2N3/c1-15-13-27-14-19(18(22(23)24)12-20(27)25-15)26-21(16-8-4-2-5-9-16)17-10-6-3-7-11-17/h2-14,22H,1H3. The van der Waals surface area contributed by atoms with E-state index in [0.29, 0.717) is 11.4 Å². The van der Waals surface area contributed by atoms with Gasteiger partial charge in [-0.3, -0.25) is 0 Å². The molecule has 134 valence electrons. The van der Waals surface area contributed by atoms with Gasteiger partial charge in [0.25, 0.3) is 6.43 Å². The first-order valence-electron chi connectivity index (χ1n) is 8.59. The van der Waals surface area contributed by atoms with Crippen molar-refractivity contribution in [2.75, 3.05) is 0 Å². The molecule has 2 aromatic carbocycles. The number of fused-ring (bicyclic) bond motifs is 1. The number of imidazole rings is 1. The highest BCUT2D eigenvalue weighted by atomic mass is 19.3. The maximum Gasteiger partial charge on any atom is 0.266 e. The van der Waals surface area contributed by atoms with E-state index in [1.54, 1.807) is 16.8 Å². The second kappa shape index (κ2) is 7.11. The topological polar surface area (TPSA) is 29.7 Å². The summed E-state index contributed by atoms with van der Waals surface area (Å²) in [4.78, 5) is 8.94. The third-order valence-electron chi connectivity index (χ3n) is 4.28. The fraction of sp³-hybridized carbons (Fsp3) is 0.0909. The van der Waals surface area contributed by atoms with Gasteiger partial charge >= 0.3 is 0 Å². The minimum atomic E-state index is -2.64. The molecule has 0 spiro atoms. The molecule has 0 atom stereocenters. The fourth-order valence-corrected chi connectivity index (χ4v) is 3.04. The molecule has 0 bridgehead atoms. The summed E-state index contributed by atoms with van der Waals surface area (Å²) >= 11 is 0. The first-order chi connectivity index (χ1) is 13.1. The Bertz CT molecular complexity index is 1060. The van der Waals surface area contributed by atoms with Gasteiger partial charge in [-0.15, -0.1) is 0 Å². The van der Waals surface area contributed by atoms with Crippen molar-refractivity contribution >= 4 is 17.0 Å². The highest BCUT2D eigenvalue weighted by Crippen LogP contribution is 2.31. The van der Waals surface area contributed by atoms with Crippen molar-refractivity contribution in [1.82, 2.24) is 9.38 Å². The lowest BCUT2D eigenvalue weighted by Gasteiger charge is -2.11. The van der Waals surface area contributed by atoms with Crippen LogP contribution >= 0.6 is 0 Å². The first kappa shape index (κ1) is 17.1. The molecule has 0 unspecified atom stereocenters. The summed E-state index contributed by atoms with van der Waals surface area (Å²) in [6, 6.07) is 20.6. The smallest absolute Gasteiger partial charge is 0.266 e. The van der Waals surface area contributed by atoms with Crippen molar-refractivity contribution in [2.24, 2.45) is 4.99 Å². The molecule has 4 aromatic rings. The van der Waals surface area contributed by atoms with Crippen molar-refractivity contribution in [3.05, 3.63) is 102 Å². The summed E-state index contributed by atoms with van der Waals surface area (Å²) in [6.45, 7) is 1.83. The lowest BCUT2D eigenvalue weighted by atomic mass is 10.0. The van der Waals surface area contributed by atoms with Crippen molar-refractivity contribution < 1.29 is 8.78 Å². The largest absolute Gasteiger partial charge is 0.305 e. The van der Waals surface area contributed by atoms with Crippen LogP contribution in [0.2, 0.25) is 0 Å². The maximum absolute atomic E-state index is 13.7. The summed E-state index contributed by atoms with van der Waals surface area (Å²) in [5, 5.41) is 0. The molecule has 0 aliphatic heterocycles. The van der Waals surface area contributed by atoms with E-state index in [-0.39, 0.29) is 11.3 Å². The number of pyridine rings is 1. The van der Waals surface area contributed by atoms with Gasteiger partial charge in [0.05, 0.1) is 17.1 Å². The molecule has 2 heterocycles. The monoisotopic (exact) mass is 361 g/mol. The molecule has 4 rings (SSSR count). The van der Waals surface area contributed by atoms with Crippen LogP contribution in [0.3, 0.4) is 0 Å². The Morgan fingerprint density at radius 2 is 1.52 bits per heavy atom.